The van der Waals surface area contributed by atoms with Gasteiger partial charge in [0, 0.05) is 19.2 Å². The maximum atomic E-state index is 12.8. The van der Waals surface area contributed by atoms with Crippen molar-refractivity contribution in [2.45, 2.75) is 31.6 Å². The van der Waals surface area contributed by atoms with E-state index in [-0.39, 0.29) is 23.1 Å². The molecule has 5 rings (SSSR count). The smallest absolute Gasteiger partial charge is 0.406 e. The van der Waals surface area contributed by atoms with Gasteiger partial charge in [-0.25, -0.2) is 0 Å². The molecule has 1 unspecified atom stereocenters. The van der Waals surface area contributed by atoms with E-state index in [0.717, 1.165) is 22.4 Å². The number of nitrogens with zero attached hydrogens (tertiary/aromatic N) is 5. The molecule has 0 spiro atoms. The Bertz CT molecular complexity index is 1630. The van der Waals surface area contributed by atoms with Crippen molar-refractivity contribution in [3.63, 3.8) is 0 Å². The van der Waals surface area contributed by atoms with Gasteiger partial charge in [-0.15, -0.1) is 30.0 Å². The fraction of sp³-hybridized carbons (Fsp3) is 0.290. The number of benzene rings is 3. The fourth-order valence-corrected chi connectivity index (χ4v) is 5.61. The molecule has 4 aromatic rings. The first-order valence-corrected chi connectivity index (χ1v) is 15.2. The first-order valence-electron chi connectivity index (χ1n) is 14.1. The van der Waals surface area contributed by atoms with Crippen molar-refractivity contribution in [3.8, 4) is 22.8 Å². The van der Waals surface area contributed by atoms with Gasteiger partial charge in [0.25, 0.3) is 0 Å². The van der Waals surface area contributed by atoms with E-state index in [2.05, 4.69) is 44.5 Å². The number of carbonyl (C=O) groups excluding carboxylic acids is 1. The molecule has 0 radical (unpaired) electrons. The van der Waals surface area contributed by atoms with Gasteiger partial charge in [-0.1, -0.05) is 56.3 Å². The third-order valence-electron chi connectivity index (χ3n) is 6.76. The van der Waals surface area contributed by atoms with E-state index in [0.29, 0.717) is 36.4 Å². The van der Waals surface area contributed by atoms with Gasteiger partial charge in [0.2, 0.25) is 11.9 Å². The fourth-order valence-electron chi connectivity index (χ4n) is 4.65. The molecular formula is C31H32F3N7O3S. The third-order valence-corrected chi connectivity index (χ3v) is 7.81. The van der Waals surface area contributed by atoms with Crippen LogP contribution in [0.15, 0.2) is 77.9 Å². The summed E-state index contributed by atoms with van der Waals surface area (Å²) < 4.78 is 48.4. The first kappa shape index (κ1) is 31.9. The number of thioether (sulfide) groups is 1. The second-order valence-corrected chi connectivity index (χ2v) is 11.4. The van der Waals surface area contributed by atoms with Crippen molar-refractivity contribution in [2.75, 3.05) is 36.2 Å². The number of para-hydroxylation sites is 1. The Morgan fingerprint density at radius 1 is 1.09 bits per heavy atom. The van der Waals surface area contributed by atoms with Gasteiger partial charge in [0.15, 0.2) is 11.3 Å². The number of hydrazone groups is 1. The molecule has 1 amide bonds. The van der Waals surface area contributed by atoms with Crippen LogP contribution in [0.4, 0.5) is 24.8 Å². The quantitative estimate of drug-likeness (QED) is 0.111. The highest BCUT2D eigenvalue weighted by Crippen LogP contribution is 2.34. The molecule has 14 heteroatoms. The monoisotopic (exact) mass is 639 g/mol. The van der Waals surface area contributed by atoms with Crippen LogP contribution in [-0.4, -0.2) is 64.8 Å². The second-order valence-electron chi connectivity index (χ2n) is 10.3. The number of ether oxygens (including phenoxy) is 2. The molecule has 236 valence electrons. The van der Waals surface area contributed by atoms with Gasteiger partial charge < -0.3 is 14.8 Å². The van der Waals surface area contributed by atoms with E-state index in [9.17, 15) is 18.0 Å². The molecule has 2 heterocycles. The predicted octanol–water partition coefficient (Wildman–Crippen LogP) is 6.00. The van der Waals surface area contributed by atoms with Crippen molar-refractivity contribution in [1.82, 2.24) is 20.2 Å². The van der Waals surface area contributed by atoms with E-state index in [1.807, 2.05) is 48.5 Å². The Hall–Kier alpha value is -4.56. The summed E-state index contributed by atoms with van der Waals surface area (Å²) >= 11 is 1.48. The molecule has 1 aromatic heterocycles. The van der Waals surface area contributed by atoms with Crippen LogP contribution in [-0.2, 0) is 9.53 Å². The maximum absolute atomic E-state index is 12.8. The number of hydrogen-bond acceptors (Lipinski definition) is 9. The first-order chi connectivity index (χ1) is 21.6. The average molecular weight is 640 g/mol. The van der Waals surface area contributed by atoms with E-state index in [4.69, 9.17) is 4.74 Å². The minimum atomic E-state index is -4.78. The molecule has 1 aliphatic rings. The Labute approximate surface area is 262 Å². The maximum Gasteiger partial charge on any atom is 0.573 e. The highest BCUT2D eigenvalue weighted by Gasteiger charge is 2.34. The standard InChI is InChI=1S/C31H32F3N7O3S/c1-20(2)25-6-4-5-7-26(25)40-27(42)19-45-30(40)38-36-18-21-8-10-22(11-9-21)28-37-29(35-16-17-43-3)41(39-28)23-12-14-24(15-13-23)44-31(32,33)34/h4-15,18,20,30,38H,16-17,19H2,1-3H3,(H,35,37,39)/b36-18+. The van der Waals surface area contributed by atoms with Crippen molar-refractivity contribution in [1.29, 1.82) is 0 Å². The number of anilines is 2. The van der Waals surface area contributed by atoms with Crippen molar-refractivity contribution < 1.29 is 27.4 Å². The number of aromatic nitrogens is 3. The van der Waals surface area contributed by atoms with Gasteiger partial charge in [-0.2, -0.15) is 14.8 Å². The number of alkyl halides is 3. The van der Waals surface area contributed by atoms with E-state index < -0.39 is 6.36 Å². The van der Waals surface area contributed by atoms with Crippen LogP contribution in [0, 0.1) is 0 Å². The number of methoxy groups -OCH3 is 1. The van der Waals surface area contributed by atoms with Crippen molar-refractivity contribution in [3.05, 3.63) is 83.9 Å². The normalized spacial score (nSPS) is 15.3. The van der Waals surface area contributed by atoms with E-state index in [1.54, 1.807) is 18.2 Å². The SMILES string of the molecule is COCCNc1nc(-c2ccc(/C=N/NC3SCC(=O)N3c3ccccc3C(C)C)cc2)nn1-c1ccc(OC(F)(F)F)cc1. The summed E-state index contributed by atoms with van der Waals surface area (Å²) in [5.41, 5.74) is 6.78. The second kappa shape index (κ2) is 14.0. The topological polar surface area (TPSA) is 106 Å². The molecule has 10 nitrogen and oxygen atoms in total. The predicted molar refractivity (Wildman–Crippen MR) is 169 cm³/mol. The Kier molecular flexibility index (Phi) is 9.93. The number of nitrogens with one attached hydrogen (secondary N) is 2. The lowest BCUT2D eigenvalue weighted by Gasteiger charge is -2.26. The lowest BCUT2D eigenvalue weighted by molar-refractivity contribution is -0.274. The molecule has 1 atom stereocenters. The van der Waals surface area contributed by atoms with Gasteiger partial charge in [-0.05, 0) is 47.4 Å². The molecule has 0 saturated carbocycles. The largest absolute Gasteiger partial charge is 0.573 e. The molecule has 1 aliphatic heterocycles. The Balaban J connectivity index is 1.30. The molecule has 0 aliphatic carbocycles. The van der Waals surface area contributed by atoms with Crippen LogP contribution in [0.3, 0.4) is 0 Å². The van der Waals surface area contributed by atoms with Crippen molar-refractivity contribution in [2.24, 2.45) is 5.10 Å². The summed E-state index contributed by atoms with van der Waals surface area (Å²) in [5, 5.41) is 12.1. The zero-order valence-electron chi connectivity index (χ0n) is 24.8. The summed E-state index contributed by atoms with van der Waals surface area (Å²) in [7, 11) is 1.58. The number of amides is 1. The molecule has 1 fully saturated rings. The van der Waals surface area contributed by atoms with Crippen molar-refractivity contribution >= 4 is 35.5 Å². The van der Waals surface area contributed by atoms with Crippen LogP contribution in [0.1, 0.15) is 30.9 Å². The van der Waals surface area contributed by atoms with Gasteiger partial charge >= 0.3 is 6.36 Å². The number of rotatable bonds is 12. The number of carbonyl (C=O) groups is 1. The zero-order valence-corrected chi connectivity index (χ0v) is 25.6. The molecule has 0 bridgehead atoms. The van der Waals surface area contributed by atoms with Crippen LogP contribution < -0.4 is 20.4 Å². The highest BCUT2D eigenvalue weighted by molar-refractivity contribution is 8.01. The summed E-state index contributed by atoms with van der Waals surface area (Å²) in [6.07, 6.45) is -3.11. The minimum absolute atomic E-state index is 0.0266. The Morgan fingerprint density at radius 2 is 1.82 bits per heavy atom. The van der Waals surface area contributed by atoms with Gasteiger partial charge in [0.05, 0.1) is 29.9 Å². The van der Waals surface area contributed by atoms with E-state index in [1.165, 1.54) is 40.7 Å². The molecule has 45 heavy (non-hydrogen) atoms. The van der Waals surface area contributed by atoms with Gasteiger partial charge in [0.1, 0.15) is 5.75 Å². The number of halogens is 3. The summed E-state index contributed by atoms with van der Waals surface area (Å²) in [4.78, 5) is 19.1. The van der Waals surface area contributed by atoms with Crippen LogP contribution in [0.2, 0.25) is 0 Å². The summed E-state index contributed by atoms with van der Waals surface area (Å²) in [6.45, 7) is 5.06. The molecule has 1 saturated heterocycles. The van der Waals surface area contributed by atoms with Crippen LogP contribution in [0.5, 0.6) is 5.75 Å². The third kappa shape index (κ3) is 7.94. The minimum Gasteiger partial charge on any atom is -0.406 e. The summed E-state index contributed by atoms with van der Waals surface area (Å²) in [6, 6.07) is 20.7. The zero-order chi connectivity index (χ0) is 32.0. The van der Waals surface area contributed by atoms with Gasteiger partial charge in [-0.3, -0.25) is 15.1 Å². The average Bonchev–Trinajstić information content (AvgIpc) is 3.60. The molecular weight excluding hydrogens is 607 g/mol. The lowest BCUT2D eigenvalue weighted by Crippen LogP contribution is -2.40. The Morgan fingerprint density at radius 3 is 2.51 bits per heavy atom. The summed E-state index contributed by atoms with van der Waals surface area (Å²) in [5.74, 6) is 1.12. The highest BCUT2D eigenvalue weighted by atomic mass is 32.2. The van der Waals surface area contributed by atoms with Crippen LogP contribution in [0.25, 0.3) is 17.1 Å². The van der Waals surface area contributed by atoms with Crippen LogP contribution >= 0.6 is 11.8 Å². The molecule has 3 aromatic carbocycles. The lowest BCUT2D eigenvalue weighted by atomic mass is 10.0. The van der Waals surface area contributed by atoms with E-state index >= 15 is 0 Å². The number of hydrogen-bond donors (Lipinski definition) is 2. The molecule has 2 N–H and O–H groups in total.